The summed E-state index contributed by atoms with van der Waals surface area (Å²) in [7, 11) is 1.98. The first-order valence-electron chi connectivity index (χ1n) is 51.0. The number of allylic oxidation sites excluding steroid dienone is 13. The highest BCUT2D eigenvalue weighted by Crippen LogP contribution is 2.63. The lowest BCUT2D eigenvalue weighted by atomic mass is 9.53. The average Bonchev–Trinajstić information content (AvgIpc) is 1.22. The molecule has 13 atom stereocenters. The fraction of sp³-hybridized carbons (Fsp3) is 0.462. The van der Waals surface area contributed by atoms with Gasteiger partial charge >= 0.3 is 0 Å². The van der Waals surface area contributed by atoms with Crippen LogP contribution in [0, 0.1) is 120 Å². The van der Waals surface area contributed by atoms with E-state index in [1.807, 2.05) is 208 Å². The SMILES string of the molecule is [C-]#[N+]C1=C[C@]2(C)C3=C(CC[C@H]2C(C)(C)C1=O)C(=C)N(C)C(C)=N3.[C-]#[N+]C1=C[C@]2(C)c3[nH]c(=O)ccc3CC[C@H]2C(C)(C)C1=O.[C-]#[N+]C1=C[C@]2(C)c3c(ccc4ccnn34)CC[C@H]2C(C)(C)C1=O.[C-]#[N+]C1=C[C@]2(C)c3c(cnc4c(-c5ccccc5)cnn34)CC[C@H]2C(C)(C)C1=O.[C-]#[N+]C1=C[C@]2(C)c3nc(C)nc(N4CCCCC4)c3CC[C@H]2[C@H](C)C1=O.[C-]#[N+]C1=C[C@]2(C)c3nc4c(Br)ccn4cc3CC[C@H]2C(C)(C)C1=O. The predicted octanol–water partition coefficient (Wildman–Crippen LogP) is 22.7. The van der Waals surface area contributed by atoms with Crippen LogP contribution in [0.1, 0.15) is 251 Å². The normalized spacial score (nSPS) is 29.1. The Labute approximate surface area is 863 Å². The molecular formula is C119H126BrN19O7. The number of halogens is 1. The molecule has 27 heteroatoms. The molecule has 746 valence electrons. The molecule has 1 aromatic carbocycles. The van der Waals surface area contributed by atoms with E-state index < -0.39 is 48.7 Å². The number of H-pyrrole nitrogens is 1. The molecule has 146 heavy (non-hydrogen) atoms. The summed E-state index contributed by atoms with van der Waals surface area (Å²) in [6.07, 6.45) is 35.6. The molecule has 10 heterocycles. The van der Waals surface area contributed by atoms with E-state index in [1.165, 1.54) is 41.5 Å². The Morgan fingerprint density at radius 3 is 1.52 bits per heavy atom. The number of aliphatic imine (C=N–C) groups is 1. The van der Waals surface area contributed by atoms with Crippen molar-refractivity contribution in [2.75, 3.05) is 25.0 Å². The van der Waals surface area contributed by atoms with Crippen LogP contribution in [0.2, 0.25) is 0 Å². The summed E-state index contributed by atoms with van der Waals surface area (Å²) < 4.78 is 6.92. The zero-order chi connectivity index (χ0) is 105. The van der Waals surface area contributed by atoms with Gasteiger partial charge in [-0.05, 0) is 213 Å². The lowest BCUT2D eigenvalue weighted by molar-refractivity contribution is -0.129. The minimum atomic E-state index is -0.591. The number of aromatic nitrogens is 10. The van der Waals surface area contributed by atoms with Crippen LogP contribution in [-0.2, 0) is 87.9 Å². The van der Waals surface area contributed by atoms with Crippen LogP contribution in [-0.4, -0.2) is 114 Å². The molecular weight excluding hydrogens is 1890 g/mol. The number of ketones is 6. The number of Topliss-reactive ketones (excluding diaryl/α,β-unsaturated/α-hetero) is 6. The summed E-state index contributed by atoms with van der Waals surface area (Å²) in [6.45, 7) is 89.3. The van der Waals surface area contributed by atoms with Gasteiger partial charge < -0.3 is 48.0 Å². The minimum absolute atomic E-state index is 0.00652. The van der Waals surface area contributed by atoms with Crippen molar-refractivity contribution < 1.29 is 28.8 Å². The van der Waals surface area contributed by atoms with Gasteiger partial charge in [0.15, 0.2) is 46.0 Å². The van der Waals surface area contributed by atoms with Gasteiger partial charge in [0.25, 0.3) is 0 Å². The Balaban J connectivity index is 0.000000115. The second-order valence-electron chi connectivity index (χ2n) is 46.4. The third-order valence-electron chi connectivity index (χ3n) is 36.3. The molecule has 0 bridgehead atoms. The number of benzene rings is 1. The van der Waals surface area contributed by atoms with Crippen molar-refractivity contribution in [3.63, 3.8) is 0 Å². The van der Waals surface area contributed by atoms with E-state index in [2.05, 4.69) is 132 Å². The summed E-state index contributed by atoms with van der Waals surface area (Å²) in [4.78, 5) is 140. The zero-order valence-electron chi connectivity index (χ0n) is 87.3. The first-order chi connectivity index (χ1) is 68.9. The van der Waals surface area contributed by atoms with Crippen molar-refractivity contribution in [1.29, 1.82) is 0 Å². The van der Waals surface area contributed by atoms with Gasteiger partial charge in [-0.25, -0.2) is 63.0 Å². The monoisotopic (exact) mass is 2010 g/mol. The molecule has 26 nitrogen and oxygen atoms in total. The number of nitrogens with zero attached hydrogens (tertiary/aromatic N) is 18. The Morgan fingerprint density at radius 2 is 0.952 bits per heavy atom. The fourth-order valence-corrected chi connectivity index (χ4v) is 29.2. The average molecular weight is 2010 g/mol. The van der Waals surface area contributed by atoms with Crippen molar-refractivity contribution in [3.8, 4) is 11.1 Å². The van der Waals surface area contributed by atoms with Crippen LogP contribution in [0.3, 0.4) is 0 Å². The lowest BCUT2D eigenvalue weighted by Crippen LogP contribution is -2.51. The maximum atomic E-state index is 12.9. The maximum absolute atomic E-state index is 12.9. The molecule has 23 rings (SSSR count). The Hall–Kier alpha value is -14.1. The molecule has 1 N–H and O–H groups in total. The molecule has 9 aromatic rings. The molecule has 0 amide bonds. The van der Waals surface area contributed by atoms with E-state index in [1.54, 1.807) is 18.3 Å². The number of aryl methyl sites for hydroxylation is 5. The van der Waals surface area contributed by atoms with Crippen molar-refractivity contribution in [2.24, 2.45) is 78.9 Å². The van der Waals surface area contributed by atoms with Crippen molar-refractivity contribution in [1.82, 2.24) is 53.4 Å². The molecule has 0 radical (unpaired) electrons. The van der Waals surface area contributed by atoms with Crippen molar-refractivity contribution >= 4 is 79.1 Å². The number of nitrogens with one attached hydrogen (secondary N) is 1. The molecule has 1 fully saturated rings. The topological polar surface area (TPSA) is 271 Å². The number of fused-ring (bicyclic) bond motifs is 22. The zero-order valence-corrected chi connectivity index (χ0v) is 88.8. The number of rotatable bonds is 2. The molecule has 12 aliphatic carbocycles. The van der Waals surface area contributed by atoms with Gasteiger partial charge in [0, 0.05) is 139 Å². The molecule has 0 saturated carbocycles. The Bertz CT molecular complexity index is 7790. The van der Waals surface area contributed by atoms with Crippen LogP contribution < -0.4 is 10.5 Å². The van der Waals surface area contributed by atoms with E-state index in [9.17, 15) is 33.6 Å². The first-order valence-corrected chi connectivity index (χ1v) is 51.8. The van der Waals surface area contributed by atoms with Crippen LogP contribution in [0.15, 0.2) is 206 Å². The number of hydrogen-bond donors (Lipinski definition) is 1. The Kier molecular flexibility index (Phi) is 25.5. The summed E-state index contributed by atoms with van der Waals surface area (Å²) >= 11 is 3.56. The van der Waals surface area contributed by atoms with Gasteiger partial charge in [0.2, 0.25) is 39.7 Å². The van der Waals surface area contributed by atoms with Crippen molar-refractivity contribution in [2.45, 2.75) is 255 Å². The third kappa shape index (κ3) is 15.9. The molecule has 14 aliphatic rings. The van der Waals surface area contributed by atoms with Gasteiger partial charge in [0.05, 0.1) is 84.1 Å². The van der Waals surface area contributed by atoms with E-state index in [4.69, 9.17) is 69.5 Å². The quantitative estimate of drug-likeness (QED) is 0.158. The van der Waals surface area contributed by atoms with Gasteiger partial charge in [-0.2, -0.15) is 10.2 Å². The second-order valence-corrected chi connectivity index (χ2v) is 47.3. The predicted molar refractivity (Wildman–Crippen MR) is 566 cm³/mol. The van der Waals surface area contributed by atoms with E-state index in [0.29, 0.717) is 0 Å². The number of pyridine rings is 2. The number of anilines is 1. The largest absolute Gasteiger partial charge is 0.356 e. The second kappa shape index (κ2) is 36.5. The molecule has 0 unspecified atom stereocenters. The number of piperidine rings is 1. The molecule has 2 aliphatic heterocycles. The highest BCUT2D eigenvalue weighted by Gasteiger charge is 2.62. The maximum Gasteiger partial charge on any atom is 0.248 e. The number of likely N-dealkylation sites (N-methyl/N-ethyl adjacent to an activating group) is 1. The summed E-state index contributed by atoms with van der Waals surface area (Å²) in [5.74, 6) is 3.31. The highest BCUT2D eigenvalue weighted by atomic mass is 79.9. The number of hydrogen-bond acceptors (Lipinski definition) is 16. The first kappa shape index (κ1) is 102. The lowest BCUT2D eigenvalue weighted by Gasteiger charge is -2.52. The van der Waals surface area contributed by atoms with E-state index in [-0.39, 0.29) is 127 Å². The van der Waals surface area contributed by atoms with Gasteiger partial charge in [-0.15, -0.1) is 0 Å². The standard InChI is InChI=1S/C24H22N4O.C21H26N4O.C19H18BrN3O.C19H19N3O.C19H23N3O.C17H18N2O2/c1-23(2)19-11-10-16-13-26-22-17(15-8-6-5-7-9-15)14-27-28(22)20(16)24(19,3)12-18(25-4)21(23)29;1-13-16-9-8-15-19(21(16,3)12-17(22-4)18(13)26)23-14(2)24-20(15)25-10-6-5-7-11-25;1-18(2)14-6-5-11-10-23-8-7-12(20)17(23)22-15(11)19(14,3)9-13(21-4)16(18)24;1-18(2)15-8-6-12-5-7-13-9-10-21-22(13)16(12)19(15,3)11-14(20-4)17(18)23;1-11-13-8-9-15-18(3,4)17(23)14(20-6)10-19(15,5)16(13)21-12(2)22(11)7;1-16(2)12-7-5-10-6-8-13(20)19-14(10)17(12,3)9-11(18-4)15(16)21/h5-9,12-14,19H,10-11H2,1-3H3;12-13,16H,5-11H2,1-3H3;7-10,14H,5-6H2,1-3H3;5,7,9-11,15H,6,8H2,1-3H3;10,15H,1,8-9H2,2-5,7H3;6,8-9,12H,5,7H2,1-3H3,(H,19,20)/t19-,24-;13-,16-,21-;14-,19-;2*15-,19-;12-,17-/m000000/s1. The van der Waals surface area contributed by atoms with Gasteiger partial charge in [-0.3, -0.25) is 4.79 Å². The third-order valence-corrected chi connectivity index (χ3v) is 36.9. The highest BCUT2D eigenvalue weighted by molar-refractivity contribution is 9.10. The van der Waals surface area contributed by atoms with Gasteiger partial charge in [0.1, 0.15) is 17.5 Å². The summed E-state index contributed by atoms with van der Waals surface area (Å²) in [5, 5.41) is 9.24. The van der Waals surface area contributed by atoms with Crippen LogP contribution >= 0.6 is 15.9 Å². The van der Waals surface area contributed by atoms with Crippen LogP contribution in [0.5, 0.6) is 0 Å². The molecule has 0 spiro atoms. The molecule has 1 saturated heterocycles. The number of carbonyl (C=O) groups excluding carboxylic acids is 6. The van der Waals surface area contributed by atoms with E-state index >= 15 is 0 Å². The fourth-order valence-electron chi connectivity index (χ4n) is 28.8. The number of amidine groups is 1. The summed E-state index contributed by atoms with van der Waals surface area (Å²) in [6, 6.07) is 21.8. The Morgan fingerprint density at radius 1 is 0.466 bits per heavy atom. The van der Waals surface area contributed by atoms with Crippen LogP contribution in [0.4, 0.5) is 5.82 Å². The minimum Gasteiger partial charge on any atom is -0.356 e. The summed E-state index contributed by atoms with van der Waals surface area (Å²) in [5.41, 5.74) is 15.1. The molecule has 8 aromatic heterocycles. The van der Waals surface area contributed by atoms with E-state index in [0.717, 1.165) is 191 Å². The van der Waals surface area contributed by atoms with Crippen LogP contribution in [0.25, 0.3) is 57.0 Å². The van der Waals surface area contributed by atoms with Crippen molar-refractivity contribution in [3.05, 3.63) is 337 Å². The number of carbonyl (C=O) groups is 6. The van der Waals surface area contributed by atoms with Gasteiger partial charge in [-0.1, -0.05) is 203 Å². The smallest absolute Gasteiger partial charge is 0.248 e. The number of aromatic amines is 1.